The summed E-state index contributed by atoms with van der Waals surface area (Å²) in [7, 11) is 0. The average Bonchev–Trinajstić information content (AvgIpc) is 3.49. The molecule has 2 fully saturated rings. The van der Waals surface area contributed by atoms with E-state index in [2.05, 4.69) is 31.4 Å². The molecule has 0 aliphatic carbocycles. The second kappa shape index (κ2) is 8.20. The van der Waals surface area contributed by atoms with Gasteiger partial charge < -0.3 is 19.9 Å². The molecular weight excluding hydrogens is 396 g/mol. The molecule has 2 saturated heterocycles. The van der Waals surface area contributed by atoms with Crippen molar-refractivity contribution >= 4 is 23.3 Å². The number of nitrogens with one attached hydrogen (secondary N) is 1. The summed E-state index contributed by atoms with van der Waals surface area (Å²) in [5.74, 6) is 1.20. The maximum atomic E-state index is 12.4. The Morgan fingerprint density at radius 3 is 2.74 bits per heavy atom. The third-order valence-electron chi connectivity index (χ3n) is 5.57. The van der Waals surface area contributed by atoms with Crippen molar-refractivity contribution in [1.82, 2.24) is 24.5 Å². The van der Waals surface area contributed by atoms with Gasteiger partial charge in [-0.1, -0.05) is 0 Å². The van der Waals surface area contributed by atoms with E-state index in [1.807, 2.05) is 0 Å². The van der Waals surface area contributed by atoms with Crippen LogP contribution >= 0.6 is 0 Å². The number of nitrogens with zero attached hydrogens (tertiary/aromatic N) is 7. The Labute approximate surface area is 179 Å². The quantitative estimate of drug-likeness (QED) is 0.693. The molecule has 0 spiro atoms. The minimum atomic E-state index is -0.123. The zero-order valence-corrected chi connectivity index (χ0v) is 17.0. The number of morpholine rings is 1. The van der Waals surface area contributed by atoms with Crippen molar-refractivity contribution in [2.24, 2.45) is 0 Å². The monoisotopic (exact) mass is 418 g/mol. The molecule has 10 heteroatoms. The molecule has 0 radical (unpaired) electrons. The van der Waals surface area contributed by atoms with E-state index in [4.69, 9.17) is 4.74 Å². The van der Waals surface area contributed by atoms with Crippen molar-refractivity contribution in [3.63, 3.8) is 0 Å². The number of nitriles is 1. The summed E-state index contributed by atoms with van der Waals surface area (Å²) in [5, 5.41) is 17.1. The van der Waals surface area contributed by atoms with E-state index in [0.29, 0.717) is 41.5 Å². The van der Waals surface area contributed by atoms with Gasteiger partial charge in [-0.3, -0.25) is 0 Å². The molecule has 10 nitrogen and oxygen atoms in total. The van der Waals surface area contributed by atoms with Crippen LogP contribution in [0.3, 0.4) is 0 Å². The minimum Gasteiger partial charge on any atom is -0.378 e. The smallest absolute Gasteiger partial charge is 0.321 e. The number of benzene rings is 1. The lowest BCUT2D eigenvalue weighted by molar-refractivity contribution is 0.122. The molecule has 2 aliphatic rings. The van der Waals surface area contributed by atoms with Crippen molar-refractivity contribution in [2.75, 3.05) is 49.6 Å². The summed E-state index contributed by atoms with van der Waals surface area (Å²) < 4.78 is 7.02. The molecular formula is C21H22N8O2. The van der Waals surface area contributed by atoms with E-state index in [0.717, 1.165) is 44.8 Å². The Balaban J connectivity index is 1.45. The van der Waals surface area contributed by atoms with Gasteiger partial charge in [-0.25, -0.2) is 19.3 Å². The van der Waals surface area contributed by atoms with Crippen molar-refractivity contribution in [3.05, 3.63) is 36.2 Å². The van der Waals surface area contributed by atoms with Gasteiger partial charge in [0.05, 0.1) is 42.9 Å². The van der Waals surface area contributed by atoms with Crippen LogP contribution in [-0.4, -0.2) is 69.9 Å². The molecule has 0 bridgehead atoms. The molecule has 158 valence electrons. The van der Waals surface area contributed by atoms with E-state index in [1.165, 1.54) is 0 Å². The molecule has 31 heavy (non-hydrogen) atoms. The molecule has 0 atom stereocenters. The largest absolute Gasteiger partial charge is 0.378 e. The summed E-state index contributed by atoms with van der Waals surface area (Å²) in [6.07, 6.45) is 5.52. The molecule has 3 aromatic rings. The predicted octanol–water partition coefficient (Wildman–Crippen LogP) is 2.13. The highest BCUT2D eigenvalue weighted by Gasteiger charge is 2.19. The van der Waals surface area contributed by atoms with Gasteiger partial charge in [-0.15, -0.1) is 5.10 Å². The molecule has 5 rings (SSSR count). The van der Waals surface area contributed by atoms with Gasteiger partial charge in [0.15, 0.2) is 5.82 Å². The summed E-state index contributed by atoms with van der Waals surface area (Å²) in [4.78, 5) is 25.3. The minimum absolute atomic E-state index is 0.123. The fourth-order valence-corrected chi connectivity index (χ4v) is 3.90. The van der Waals surface area contributed by atoms with Crippen LogP contribution in [0.5, 0.6) is 0 Å². The standard InChI is InChI=1S/C21H22N8O2/c22-12-15-3-4-16(24-21(30)28-5-1-2-6-28)11-17(15)18-14-29-20(25-18)23-13-19(26-29)27-7-9-31-10-8-27/h3-4,11,13-14H,1-2,5-10H2,(H,24,30). The summed E-state index contributed by atoms with van der Waals surface area (Å²) in [5.41, 5.74) is 2.30. The zero-order valence-electron chi connectivity index (χ0n) is 17.0. The second-order valence-corrected chi connectivity index (χ2v) is 7.58. The molecule has 4 heterocycles. The third-order valence-corrected chi connectivity index (χ3v) is 5.57. The summed E-state index contributed by atoms with van der Waals surface area (Å²) >= 11 is 0. The van der Waals surface area contributed by atoms with Gasteiger partial charge in [-0.2, -0.15) is 5.26 Å². The highest BCUT2D eigenvalue weighted by molar-refractivity contribution is 5.90. The van der Waals surface area contributed by atoms with Gasteiger partial charge in [0.2, 0.25) is 0 Å². The SMILES string of the molecule is N#Cc1ccc(NC(=O)N2CCCC2)cc1-c1cn2nc(N3CCOCC3)cnc2n1. The van der Waals surface area contributed by atoms with Crippen molar-refractivity contribution in [2.45, 2.75) is 12.8 Å². The topological polar surface area (TPSA) is 112 Å². The Morgan fingerprint density at radius 1 is 1.16 bits per heavy atom. The number of amides is 2. The number of hydrogen-bond donors (Lipinski definition) is 1. The van der Waals surface area contributed by atoms with Gasteiger partial charge in [-0.05, 0) is 31.0 Å². The highest BCUT2D eigenvalue weighted by atomic mass is 16.5. The van der Waals surface area contributed by atoms with Crippen LogP contribution in [0.1, 0.15) is 18.4 Å². The van der Waals surface area contributed by atoms with Crippen LogP contribution in [0.4, 0.5) is 16.3 Å². The zero-order chi connectivity index (χ0) is 21.2. The first kappa shape index (κ1) is 19.3. The first-order valence-electron chi connectivity index (χ1n) is 10.4. The van der Waals surface area contributed by atoms with E-state index < -0.39 is 0 Å². The second-order valence-electron chi connectivity index (χ2n) is 7.58. The van der Waals surface area contributed by atoms with Crippen molar-refractivity contribution < 1.29 is 9.53 Å². The maximum Gasteiger partial charge on any atom is 0.321 e. The van der Waals surface area contributed by atoms with Crippen molar-refractivity contribution in [1.29, 1.82) is 5.26 Å². The molecule has 2 aromatic heterocycles. The molecule has 2 amide bonds. The third kappa shape index (κ3) is 3.87. The number of ether oxygens (including phenoxy) is 1. The number of fused-ring (bicyclic) bond motifs is 1. The average molecular weight is 418 g/mol. The van der Waals surface area contributed by atoms with Crippen LogP contribution < -0.4 is 10.2 Å². The number of rotatable bonds is 3. The van der Waals surface area contributed by atoms with E-state index in [9.17, 15) is 10.1 Å². The van der Waals surface area contributed by atoms with Crippen LogP contribution in [0.2, 0.25) is 0 Å². The first-order chi connectivity index (χ1) is 15.2. The fraction of sp³-hybridized carbons (Fsp3) is 0.381. The van der Waals surface area contributed by atoms with Gasteiger partial charge in [0, 0.05) is 37.4 Å². The number of imidazole rings is 1. The van der Waals surface area contributed by atoms with E-state index in [-0.39, 0.29) is 6.03 Å². The predicted molar refractivity (Wildman–Crippen MR) is 114 cm³/mol. The Kier molecular flexibility index (Phi) is 5.09. The lowest BCUT2D eigenvalue weighted by atomic mass is 10.1. The molecule has 0 unspecified atom stereocenters. The molecule has 1 N–H and O–H groups in total. The number of carbonyl (C=O) groups excluding carboxylic acids is 1. The first-order valence-corrected chi connectivity index (χ1v) is 10.4. The Morgan fingerprint density at radius 2 is 1.97 bits per heavy atom. The van der Waals surface area contributed by atoms with Crippen LogP contribution in [-0.2, 0) is 4.74 Å². The van der Waals surface area contributed by atoms with Crippen LogP contribution in [0, 0.1) is 11.3 Å². The summed E-state index contributed by atoms with van der Waals surface area (Å²) in [6.45, 7) is 4.39. The fourth-order valence-electron chi connectivity index (χ4n) is 3.90. The number of aromatic nitrogens is 4. The van der Waals surface area contributed by atoms with Crippen LogP contribution in [0.15, 0.2) is 30.6 Å². The molecule has 0 saturated carbocycles. The van der Waals surface area contributed by atoms with Gasteiger partial charge in [0.1, 0.15) is 0 Å². The maximum absolute atomic E-state index is 12.4. The van der Waals surface area contributed by atoms with Crippen molar-refractivity contribution in [3.8, 4) is 17.3 Å². The highest BCUT2D eigenvalue weighted by Crippen LogP contribution is 2.27. The lowest BCUT2D eigenvalue weighted by Crippen LogP contribution is -2.37. The normalized spacial score (nSPS) is 16.5. The van der Waals surface area contributed by atoms with E-state index in [1.54, 1.807) is 40.0 Å². The molecule has 2 aliphatic heterocycles. The van der Waals surface area contributed by atoms with E-state index >= 15 is 0 Å². The Bertz CT molecular complexity index is 1160. The number of carbonyl (C=O) groups is 1. The number of urea groups is 1. The summed E-state index contributed by atoms with van der Waals surface area (Å²) in [6, 6.07) is 7.28. The van der Waals surface area contributed by atoms with Crippen LogP contribution in [0.25, 0.3) is 17.0 Å². The number of anilines is 2. The number of likely N-dealkylation sites (tertiary alicyclic amines) is 1. The lowest BCUT2D eigenvalue weighted by Gasteiger charge is -2.27. The Hall–Kier alpha value is -3.71. The number of hydrogen-bond acceptors (Lipinski definition) is 7. The van der Waals surface area contributed by atoms with Gasteiger partial charge in [0.25, 0.3) is 5.78 Å². The molecule has 1 aromatic carbocycles. The van der Waals surface area contributed by atoms with Gasteiger partial charge >= 0.3 is 6.03 Å².